The number of alkyl halides is 1. The molecule has 6 atom stereocenters. The minimum atomic E-state index is -0.473. The summed E-state index contributed by atoms with van der Waals surface area (Å²) in [6, 6.07) is 0. The van der Waals surface area contributed by atoms with Crippen molar-refractivity contribution in [2.75, 3.05) is 7.11 Å². The van der Waals surface area contributed by atoms with Crippen LogP contribution < -0.4 is 0 Å². The van der Waals surface area contributed by atoms with Crippen molar-refractivity contribution in [2.45, 2.75) is 112 Å². The molecule has 5 aliphatic rings. The lowest BCUT2D eigenvalue weighted by Gasteiger charge is -2.39. The van der Waals surface area contributed by atoms with Gasteiger partial charge in [-0.05, 0) is 25.7 Å². The van der Waals surface area contributed by atoms with Crippen LogP contribution in [0.1, 0.15) is 64.2 Å². The van der Waals surface area contributed by atoms with E-state index in [1.807, 2.05) is 0 Å². The van der Waals surface area contributed by atoms with Gasteiger partial charge in [0.05, 0.1) is 5.38 Å². The number of fused-ring (bicyclic) bond motifs is 3. The SMILES string of the molecule is CO[C@@H]1[C@@H](Cl)[C@H]2OC3(CCCCC3)O[C@H]2[C@@H]2OC3(CCCCC3)O[C@H]21. The van der Waals surface area contributed by atoms with Gasteiger partial charge in [0, 0.05) is 32.8 Å². The Labute approximate surface area is 154 Å². The second-order valence-electron chi connectivity index (χ2n) is 8.42. The summed E-state index contributed by atoms with van der Waals surface area (Å²) >= 11 is 6.81. The van der Waals surface area contributed by atoms with Crippen molar-refractivity contribution in [3.05, 3.63) is 0 Å². The predicted molar refractivity (Wildman–Crippen MR) is 91.6 cm³/mol. The Hall–Kier alpha value is 0.0900. The van der Waals surface area contributed by atoms with Gasteiger partial charge in [0.1, 0.15) is 30.5 Å². The first-order valence-corrected chi connectivity index (χ1v) is 10.5. The number of hydrogen-bond donors (Lipinski definition) is 0. The molecular weight excluding hydrogens is 344 g/mol. The van der Waals surface area contributed by atoms with Crippen LogP contribution in [0.4, 0.5) is 0 Å². The molecule has 2 aliphatic heterocycles. The third kappa shape index (κ3) is 2.69. The van der Waals surface area contributed by atoms with Gasteiger partial charge in [0.15, 0.2) is 11.6 Å². The standard InChI is InChI=1S/C19H29ClO5/c1-21-13-12(20)14-16(24-18(22-14)8-4-2-5-9-18)17-15(13)23-19(25-17)10-6-3-7-11-19/h12-17H,2-11H2,1H3/t12-,13-,14-,15+,16-,17-/m1/s1. The number of halogens is 1. The monoisotopic (exact) mass is 372 g/mol. The fourth-order valence-corrected chi connectivity index (χ4v) is 6.05. The molecule has 0 aromatic heterocycles. The van der Waals surface area contributed by atoms with E-state index in [9.17, 15) is 0 Å². The first-order chi connectivity index (χ1) is 12.2. The molecule has 3 aliphatic carbocycles. The molecule has 0 bridgehead atoms. The maximum Gasteiger partial charge on any atom is 0.169 e. The van der Waals surface area contributed by atoms with Crippen molar-refractivity contribution in [2.24, 2.45) is 0 Å². The Morgan fingerprint density at radius 3 is 1.64 bits per heavy atom. The summed E-state index contributed by atoms with van der Waals surface area (Å²) in [5.41, 5.74) is 0. The van der Waals surface area contributed by atoms with Gasteiger partial charge in [-0.2, -0.15) is 0 Å². The number of rotatable bonds is 1. The molecule has 2 saturated heterocycles. The number of methoxy groups -OCH3 is 1. The van der Waals surface area contributed by atoms with E-state index in [-0.39, 0.29) is 35.9 Å². The lowest BCUT2D eigenvalue weighted by atomic mass is 9.87. The highest BCUT2D eigenvalue weighted by molar-refractivity contribution is 6.21. The van der Waals surface area contributed by atoms with Crippen molar-refractivity contribution in [1.29, 1.82) is 0 Å². The Balaban J connectivity index is 1.44. The fourth-order valence-electron chi connectivity index (χ4n) is 5.61. The quantitative estimate of drug-likeness (QED) is 0.659. The van der Waals surface area contributed by atoms with Crippen LogP contribution in [-0.4, -0.2) is 54.6 Å². The normalized spacial score (nSPS) is 47.8. The topological polar surface area (TPSA) is 46.2 Å². The van der Waals surface area contributed by atoms with E-state index in [1.165, 1.54) is 12.8 Å². The molecule has 2 spiro atoms. The first-order valence-electron chi connectivity index (χ1n) is 10.0. The fraction of sp³-hybridized carbons (Fsp3) is 1.00. The summed E-state index contributed by atoms with van der Waals surface area (Å²) in [5.74, 6) is -0.943. The summed E-state index contributed by atoms with van der Waals surface area (Å²) < 4.78 is 31.8. The van der Waals surface area contributed by atoms with Gasteiger partial charge in [0.2, 0.25) is 0 Å². The summed E-state index contributed by atoms with van der Waals surface area (Å²) in [5, 5.41) is -0.278. The molecule has 0 N–H and O–H groups in total. The highest BCUT2D eigenvalue weighted by Gasteiger charge is 2.66. The molecule has 0 unspecified atom stereocenters. The van der Waals surface area contributed by atoms with E-state index < -0.39 is 11.6 Å². The molecule has 0 aromatic rings. The highest BCUT2D eigenvalue weighted by atomic mass is 35.5. The molecule has 142 valence electrons. The minimum absolute atomic E-state index is 0.149. The Morgan fingerprint density at radius 2 is 1.12 bits per heavy atom. The molecule has 3 saturated carbocycles. The zero-order valence-electron chi connectivity index (χ0n) is 15.0. The second kappa shape index (κ2) is 6.32. The summed E-state index contributed by atoms with van der Waals surface area (Å²) in [7, 11) is 1.71. The lowest BCUT2D eigenvalue weighted by Crippen LogP contribution is -2.60. The van der Waals surface area contributed by atoms with Gasteiger partial charge in [-0.1, -0.05) is 12.8 Å². The smallest absolute Gasteiger partial charge is 0.169 e. The molecule has 5 fully saturated rings. The van der Waals surface area contributed by atoms with Gasteiger partial charge >= 0.3 is 0 Å². The second-order valence-corrected chi connectivity index (χ2v) is 8.92. The van der Waals surface area contributed by atoms with Crippen LogP contribution in [0.5, 0.6) is 0 Å². The maximum absolute atomic E-state index is 6.81. The summed E-state index contributed by atoms with van der Waals surface area (Å²) in [6.07, 6.45) is 10.0. The van der Waals surface area contributed by atoms with E-state index >= 15 is 0 Å². The van der Waals surface area contributed by atoms with Gasteiger partial charge in [-0.15, -0.1) is 11.6 Å². The number of hydrogen-bond acceptors (Lipinski definition) is 5. The average molecular weight is 373 g/mol. The molecular formula is C19H29ClO5. The van der Waals surface area contributed by atoms with Crippen LogP contribution in [0.25, 0.3) is 0 Å². The van der Waals surface area contributed by atoms with Crippen LogP contribution in [-0.2, 0) is 23.7 Å². The van der Waals surface area contributed by atoms with Crippen LogP contribution in [0, 0.1) is 0 Å². The largest absolute Gasteiger partial charge is 0.377 e. The molecule has 0 radical (unpaired) electrons. The van der Waals surface area contributed by atoms with E-state index in [4.69, 9.17) is 35.3 Å². The molecule has 5 nitrogen and oxygen atoms in total. The van der Waals surface area contributed by atoms with Gasteiger partial charge in [-0.3, -0.25) is 0 Å². The van der Waals surface area contributed by atoms with E-state index in [0.29, 0.717) is 0 Å². The van der Waals surface area contributed by atoms with Gasteiger partial charge in [0.25, 0.3) is 0 Å². The van der Waals surface area contributed by atoms with E-state index in [2.05, 4.69) is 0 Å². The van der Waals surface area contributed by atoms with E-state index in [0.717, 1.165) is 51.4 Å². The lowest BCUT2D eigenvalue weighted by molar-refractivity contribution is -0.220. The molecule has 0 aromatic carbocycles. The van der Waals surface area contributed by atoms with Crippen molar-refractivity contribution < 1.29 is 23.7 Å². The maximum atomic E-state index is 6.81. The predicted octanol–water partition coefficient (Wildman–Crippen LogP) is 3.51. The Bertz CT molecular complexity index is 502. The molecule has 0 amide bonds. The molecule has 6 heteroatoms. The van der Waals surface area contributed by atoms with Crippen molar-refractivity contribution in [3.8, 4) is 0 Å². The van der Waals surface area contributed by atoms with Crippen molar-refractivity contribution in [1.82, 2.24) is 0 Å². The molecule has 25 heavy (non-hydrogen) atoms. The van der Waals surface area contributed by atoms with Crippen molar-refractivity contribution in [3.63, 3.8) is 0 Å². The van der Waals surface area contributed by atoms with Crippen molar-refractivity contribution >= 4 is 11.6 Å². The average Bonchev–Trinajstić information content (AvgIpc) is 3.16. The Morgan fingerprint density at radius 1 is 0.680 bits per heavy atom. The van der Waals surface area contributed by atoms with Crippen LogP contribution in [0.15, 0.2) is 0 Å². The van der Waals surface area contributed by atoms with E-state index in [1.54, 1.807) is 7.11 Å². The van der Waals surface area contributed by atoms with Crippen LogP contribution >= 0.6 is 11.6 Å². The summed E-state index contributed by atoms with van der Waals surface area (Å²) in [4.78, 5) is 0. The van der Waals surface area contributed by atoms with Gasteiger partial charge in [-0.25, -0.2) is 0 Å². The van der Waals surface area contributed by atoms with Gasteiger partial charge < -0.3 is 23.7 Å². The third-order valence-corrected chi connectivity index (χ3v) is 7.33. The summed E-state index contributed by atoms with van der Waals surface area (Å²) in [6.45, 7) is 0. The number of ether oxygens (including phenoxy) is 5. The third-order valence-electron chi connectivity index (χ3n) is 6.83. The molecule has 2 heterocycles. The zero-order chi connectivity index (χ0) is 17.1. The van der Waals surface area contributed by atoms with Crippen LogP contribution in [0.3, 0.4) is 0 Å². The van der Waals surface area contributed by atoms with Crippen LogP contribution in [0.2, 0.25) is 0 Å². The molecule has 5 rings (SSSR count). The Kier molecular flexibility index (Phi) is 4.35. The zero-order valence-corrected chi connectivity index (χ0v) is 15.7. The highest BCUT2D eigenvalue weighted by Crippen LogP contribution is 2.52. The first kappa shape index (κ1) is 17.2. The minimum Gasteiger partial charge on any atom is -0.377 e.